The maximum Gasteiger partial charge on any atom is 0.335 e. The molecule has 0 saturated carbocycles. The SMILES string of the molecule is COC(CN1C[C@@]2(Cc3cc([N+](=O)[O-])ccc31)C(=O)NC(=O)N(c1ccc(F)cc1)C2=O)OC. The van der Waals surface area contributed by atoms with E-state index in [0.717, 1.165) is 17.0 Å². The van der Waals surface area contributed by atoms with Crippen molar-refractivity contribution in [2.45, 2.75) is 12.7 Å². The second-order valence-electron chi connectivity index (χ2n) is 7.99. The third kappa shape index (κ3) is 3.86. The lowest BCUT2D eigenvalue weighted by Gasteiger charge is -2.46. The number of nitrogens with zero attached hydrogens (tertiary/aromatic N) is 3. The number of hydrogen-bond acceptors (Lipinski definition) is 8. The standard InChI is InChI=1S/C22H21FN4O7/c1-33-18(34-2)11-25-12-22(10-13-9-16(27(31)32)7-8-17(13)25)19(28)24-21(30)26(20(22)29)15-5-3-14(23)4-6-15/h3-9,18H,10-12H2,1-2H3,(H,24,28,30)/t22-/m0/s1. The number of ether oxygens (including phenoxy) is 2. The zero-order valence-corrected chi connectivity index (χ0v) is 18.3. The monoisotopic (exact) mass is 472 g/mol. The summed E-state index contributed by atoms with van der Waals surface area (Å²) in [6.45, 7) is -0.0404. The molecule has 0 unspecified atom stereocenters. The molecule has 0 radical (unpaired) electrons. The van der Waals surface area contributed by atoms with Crippen LogP contribution in [-0.2, 0) is 25.5 Å². The van der Waals surface area contributed by atoms with Gasteiger partial charge < -0.3 is 14.4 Å². The molecule has 4 rings (SSSR count). The Labute approximate surface area is 193 Å². The van der Waals surface area contributed by atoms with Crippen molar-refractivity contribution in [2.24, 2.45) is 5.41 Å². The lowest BCUT2D eigenvalue weighted by atomic mass is 9.74. The van der Waals surface area contributed by atoms with Crippen LogP contribution in [0.15, 0.2) is 42.5 Å². The summed E-state index contributed by atoms with van der Waals surface area (Å²) >= 11 is 0. The fraction of sp³-hybridized carbons (Fsp3) is 0.318. The molecule has 11 nitrogen and oxygen atoms in total. The van der Waals surface area contributed by atoms with Gasteiger partial charge in [-0.3, -0.25) is 25.0 Å². The summed E-state index contributed by atoms with van der Waals surface area (Å²) in [5.74, 6) is -2.20. The molecule has 0 aromatic heterocycles. The van der Waals surface area contributed by atoms with Crippen molar-refractivity contribution >= 4 is 34.9 Å². The number of methoxy groups -OCH3 is 2. The molecule has 2 aromatic carbocycles. The van der Waals surface area contributed by atoms with Gasteiger partial charge in [0.1, 0.15) is 5.82 Å². The average molecular weight is 472 g/mol. The Kier molecular flexibility index (Phi) is 6.02. The first-order valence-electron chi connectivity index (χ1n) is 10.2. The highest BCUT2D eigenvalue weighted by Crippen LogP contribution is 2.42. The molecule has 4 amide bonds. The number of hydrogen-bond donors (Lipinski definition) is 1. The maximum absolute atomic E-state index is 13.7. The lowest BCUT2D eigenvalue weighted by Crippen LogP contribution is -2.69. The number of carbonyl (C=O) groups is 3. The van der Waals surface area contributed by atoms with Gasteiger partial charge in [-0.05, 0) is 42.3 Å². The van der Waals surface area contributed by atoms with Gasteiger partial charge in [-0.1, -0.05) is 0 Å². The lowest BCUT2D eigenvalue weighted by molar-refractivity contribution is -0.384. The third-order valence-electron chi connectivity index (χ3n) is 6.02. The van der Waals surface area contributed by atoms with Gasteiger partial charge in [-0.2, -0.15) is 0 Å². The Bertz CT molecular complexity index is 1170. The number of anilines is 2. The van der Waals surface area contributed by atoms with Crippen molar-refractivity contribution < 1.29 is 33.2 Å². The van der Waals surface area contributed by atoms with Crippen LogP contribution in [0.1, 0.15) is 5.56 Å². The number of non-ortho nitro benzene ring substituents is 1. The predicted molar refractivity (Wildman–Crippen MR) is 117 cm³/mol. The highest BCUT2D eigenvalue weighted by Gasteiger charge is 2.57. The molecule has 1 atom stereocenters. The minimum absolute atomic E-state index is 0.0822. The number of amides is 4. The van der Waals surface area contributed by atoms with Crippen molar-refractivity contribution in [3.05, 3.63) is 64.0 Å². The predicted octanol–water partition coefficient (Wildman–Crippen LogP) is 1.98. The van der Waals surface area contributed by atoms with Crippen LogP contribution in [0.4, 0.5) is 26.2 Å². The van der Waals surface area contributed by atoms with E-state index in [0.29, 0.717) is 11.3 Å². The van der Waals surface area contributed by atoms with Gasteiger partial charge in [0.05, 0.1) is 17.2 Å². The number of rotatable bonds is 6. The van der Waals surface area contributed by atoms with Gasteiger partial charge in [-0.25, -0.2) is 14.1 Å². The van der Waals surface area contributed by atoms with Crippen LogP contribution in [0, 0.1) is 21.3 Å². The highest BCUT2D eigenvalue weighted by atomic mass is 19.1. The molecule has 2 aromatic rings. The number of carbonyl (C=O) groups excluding carboxylic acids is 3. The number of nitro groups is 1. The first-order chi connectivity index (χ1) is 16.2. The zero-order valence-electron chi connectivity index (χ0n) is 18.3. The zero-order chi connectivity index (χ0) is 24.6. The van der Waals surface area contributed by atoms with E-state index in [1.807, 2.05) is 0 Å². The van der Waals surface area contributed by atoms with E-state index in [1.165, 1.54) is 44.6 Å². The van der Waals surface area contributed by atoms with E-state index in [1.54, 1.807) is 4.90 Å². The van der Waals surface area contributed by atoms with Crippen LogP contribution in [0.25, 0.3) is 0 Å². The van der Waals surface area contributed by atoms with E-state index in [2.05, 4.69) is 5.32 Å². The van der Waals surface area contributed by atoms with Gasteiger partial charge in [0.2, 0.25) is 5.91 Å². The molecule has 1 spiro atoms. The minimum Gasteiger partial charge on any atom is -0.365 e. The Morgan fingerprint density at radius 3 is 2.44 bits per heavy atom. The number of halogens is 1. The van der Waals surface area contributed by atoms with Gasteiger partial charge in [0.25, 0.3) is 11.6 Å². The molecule has 2 heterocycles. The quantitative estimate of drug-likeness (QED) is 0.292. The Morgan fingerprint density at radius 1 is 1.15 bits per heavy atom. The number of barbiturate groups is 1. The normalized spacial score (nSPS) is 20.1. The van der Waals surface area contributed by atoms with Gasteiger partial charge in [-0.15, -0.1) is 0 Å². The minimum atomic E-state index is -1.78. The molecular weight excluding hydrogens is 451 g/mol. The Morgan fingerprint density at radius 2 is 1.82 bits per heavy atom. The average Bonchev–Trinajstić information content (AvgIpc) is 2.82. The molecule has 0 bridgehead atoms. The van der Waals surface area contributed by atoms with Crippen LogP contribution in [0.5, 0.6) is 0 Å². The molecule has 2 aliphatic rings. The number of benzene rings is 2. The molecule has 1 fully saturated rings. The largest absolute Gasteiger partial charge is 0.365 e. The highest BCUT2D eigenvalue weighted by molar-refractivity contribution is 6.30. The summed E-state index contributed by atoms with van der Waals surface area (Å²) < 4.78 is 24.0. The second-order valence-corrected chi connectivity index (χ2v) is 7.99. The van der Waals surface area contributed by atoms with E-state index in [4.69, 9.17) is 9.47 Å². The smallest absolute Gasteiger partial charge is 0.335 e. The first-order valence-corrected chi connectivity index (χ1v) is 10.2. The topological polar surface area (TPSA) is 131 Å². The van der Waals surface area contributed by atoms with Crippen LogP contribution < -0.4 is 15.1 Å². The summed E-state index contributed by atoms with van der Waals surface area (Å²) in [5.41, 5.74) is -0.958. The molecule has 12 heteroatoms. The summed E-state index contributed by atoms with van der Waals surface area (Å²) in [6.07, 6.45) is -0.907. The molecular formula is C22H21FN4O7. The van der Waals surface area contributed by atoms with Crippen molar-refractivity contribution in [1.82, 2.24) is 5.32 Å². The van der Waals surface area contributed by atoms with E-state index in [9.17, 15) is 28.9 Å². The number of urea groups is 1. The van der Waals surface area contributed by atoms with Gasteiger partial charge in [0, 0.05) is 38.6 Å². The molecule has 34 heavy (non-hydrogen) atoms. The molecule has 178 valence electrons. The van der Waals surface area contributed by atoms with Gasteiger partial charge in [0.15, 0.2) is 11.7 Å². The van der Waals surface area contributed by atoms with E-state index < -0.39 is 40.3 Å². The number of nitrogens with one attached hydrogen (secondary N) is 1. The van der Waals surface area contributed by atoms with E-state index >= 15 is 0 Å². The summed E-state index contributed by atoms with van der Waals surface area (Å²) in [5, 5.41) is 13.6. The first kappa shape index (κ1) is 23.3. The van der Waals surface area contributed by atoms with Crippen molar-refractivity contribution in [1.29, 1.82) is 0 Å². The molecule has 1 N–H and O–H groups in total. The van der Waals surface area contributed by atoms with Crippen molar-refractivity contribution in [2.75, 3.05) is 37.1 Å². The van der Waals surface area contributed by atoms with E-state index in [-0.39, 0.29) is 30.9 Å². The number of imide groups is 2. The third-order valence-corrected chi connectivity index (χ3v) is 6.02. The molecule has 0 aliphatic carbocycles. The van der Waals surface area contributed by atoms with Crippen LogP contribution in [-0.4, -0.2) is 56.4 Å². The summed E-state index contributed by atoms with van der Waals surface area (Å²) in [7, 11) is 2.86. The van der Waals surface area contributed by atoms with Crippen LogP contribution >= 0.6 is 0 Å². The number of fused-ring (bicyclic) bond motifs is 1. The van der Waals surface area contributed by atoms with Gasteiger partial charge >= 0.3 is 6.03 Å². The molecule has 1 saturated heterocycles. The van der Waals surface area contributed by atoms with Crippen molar-refractivity contribution in [3.8, 4) is 0 Å². The second kappa shape index (κ2) is 8.80. The Hall–Kier alpha value is -3.90. The number of nitro benzene ring substituents is 1. The maximum atomic E-state index is 13.7. The van der Waals surface area contributed by atoms with Crippen LogP contribution in [0.3, 0.4) is 0 Å². The van der Waals surface area contributed by atoms with Crippen molar-refractivity contribution in [3.63, 3.8) is 0 Å². The Balaban J connectivity index is 1.81. The fourth-order valence-corrected chi connectivity index (χ4v) is 4.31. The summed E-state index contributed by atoms with van der Waals surface area (Å²) in [6, 6.07) is 7.89. The summed E-state index contributed by atoms with van der Waals surface area (Å²) in [4.78, 5) is 52.7. The molecule has 2 aliphatic heterocycles. The van der Waals surface area contributed by atoms with Crippen LogP contribution in [0.2, 0.25) is 0 Å². The fourth-order valence-electron chi connectivity index (χ4n) is 4.31.